The molecule has 0 bridgehead atoms. The van der Waals surface area contributed by atoms with Gasteiger partial charge in [0.05, 0.1) is 6.61 Å². The second-order valence-corrected chi connectivity index (χ2v) is 4.53. The first-order chi connectivity index (χ1) is 7.71. The zero-order chi connectivity index (χ0) is 12.4. The smallest absolute Gasteiger partial charge is 0.0585 e. The van der Waals surface area contributed by atoms with Gasteiger partial charge in [-0.25, -0.2) is 0 Å². The molecule has 3 nitrogen and oxygen atoms in total. The third kappa shape index (κ3) is 6.46. The molecular formula is C13H30N2O. The van der Waals surface area contributed by atoms with Crippen molar-refractivity contribution in [3.8, 4) is 0 Å². The molecular weight excluding hydrogens is 200 g/mol. The molecule has 2 N–H and O–H groups in total. The van der Waals surface area contributed by atoms with Gasteiger partial charge >= 0.3 is 0 Å². The summed E-state index contributed by atoms with van der Waals surface area (Å²) in [6, 6.07) is 0.246. The van der Waals surface area contributed by atoms with Crippen LogP contribution in [0.25, 0.3) is 0 Å². The number of hydrogen-bond acceptors (Lipinski definition) is 3. The number of hydrogen-bond donors (Lipinski definition) is 2. The van der Waals surface area contributed by atoms with Crippen molar-refractivity contribution < 1.29 is 5.11 Å². The third-order valence-corrected chi connectivity index (χ3v) is 3.54. The van der Waals surface area contributed by atoms with Crippen LogP contribution in [0.15, 0.2) is 0 Å². The molecule has 3 heteroatoms. The van der Waals surface area contributed by atoms with Gasteiger partial charge in [-0.2, -0.15) is 0 Å². The number of rotatable bonds is 10. The highest BCUT2D eigenvalue weighted by Gasteiger charge is 2.11. The highest BCUT2D eigenvalue weighted by atomic mass is 16.3. The lowest BCUT2D eigenvalue weighted by molar-refractivity contribution is 0.195. The summed E-state index contributed by atoms with van der Waals surface area (Å²) in [6.45, 7) is 10.4. The highest BCUT2D eigenvalue weighted by Crippen LogP contribution is 2.10. The fourth-order valence-corrected chi connectivity index (χ4v) is 1.96. The van der Waals surface area contributed by atoms with E-state index in [1.807, 2.05) is 7.05 Å². The van der Waals surface area contributed by atoms with E-state index in [0.29, 0.717) is 0 Å². The van der Waals surface area contributed by atoms with Crippen molar-refractivity contribution in [3.63, 3.8) is 0 Å². The van der Waals surface area contributed by atoms with Gasteiger partial charge in [-0.1, -0.05) is 33.6 Å². The van der Waals surface area contributed by atoms with Crippen molar-refractivity contribution in [3.05, 3.63) is 0 Å². The second kappa shape index (κ2) is 10.1. The Bertz CT molecular complexity index is 145. The predicted molar refractivity (Wildman–Crippen MR) is 70.7 cm³/mol. The van der Waals surface area contributed by atoms with E-state index in [-0.39, 0.29) is 12.6 Å². The van der Waals surface area contributed by atoms with E-state index in [1.165, 1.54) is 19.4 Å². The summed E-state index contributed by atoms with van der Waals surface area (Å²) in [5, 5.41) is 12.2. The van der Waals surface area contributed by atoms with Gasteiger partial charge in [0.2, 0.25) is 0 Å². The van der Waals surface area contributed by atoms with Crippen molar-refractivity contribution in [2.75, 3.05) is 33.3 Å². The molecule has 0 radical (unpaired) electrons. The van der Waals surface area contributed by atoms with Crippen LogP contribution in [0.1, 0.15) is 40.0 Å². The Morgan fingerprint density at radius 2 is 1.81 bits per heavy atom. The van der Waals surface area contributed by atoms with Gasteiger partial charge in [-0.3, -0.25) is 0 Å². The Balaban J connectivity index is 3.90. The summed E-state index contributed by atoms with van der Waals surface area (Å²) in [7, 11) is 1.91. The van der Waals surface area contributed by atoms with Crippen LogP contribution in [-0.2, 0) is 0 Å². The molecule has 0 aromatic carbocycles. The van der Waals surface area contributed by atoms with Crippen LogP contribution in [0.4, 0.5) is 0 Å². The monoisotopic (exact) mass is 230 g/mol. The topological polar surface area (TPSA) is 35.5 Å². The van der Waals surface area contributed by atoms with Crippen LogP contribution in [-0.4, -0.2) is 49.3 Å². The number of nitrogens with zero attached hydrogens (tertiary/aromatic N) is 1. The Morgan fingerprint density at radius 1 is 1.19 bits per heavy atom. The van der Waals surface area contributed by atoms with Crippen LogP contribution in [0.2, 0.25) is 0 Å². The van der Waals surface area contributed by atoms with Crippen molar-refractivity contribution in [1.82, 2.24) is 10.2 Å². The van der Waals surface area contributed by atoms with Gasteiger partial charge in [0.1, 0.15) is 0 Å². The van der Waals surface area contributed by atoms with Crippen molar-refractivity contribution in [2.24, 2.45) is 5.92 Å². The Hall–Kier alpha value is -0.120. The maximum atomic E-state index is 9.10. The maximum absolute atomic E-state index is 9.10. The molecule has 0 rings (SSSR count). The van der Waals surface area contributed by atoms with E-state index >= 15 is 0 Å². The molecule has 1 unspecified atom stereocenters. The molecule has 16 heavy (non-hydrogen) atoms. The van der Waals surface area contributed by atoms with E-state index < -0.39 is 0 Å². The lowest BCUT2D eigenvalue weighted by Gasteiger charge is -2.26. The average molecular weight is 230 g/mol. The first-order valence-corrected chi connectivity index (χ1v) is 6.72. The lowest BCUT2D eigenvalue weighted by Crippen LogP contribution is -2.36. The largest absolute Gasteiger partial charge is 0.395 e. The minimum atomic E-state index is 0.235. The van der Waals surface area contributed by atoms with E-state index in [9.17, 15) is 0 Å². The second-order valence-electron chi connectivity index (χ2n) is 4.53. The molecule has 0 saturated heterocycles. The Labute approximate surface area is 101 Å². The summed E-state index contributed by atoms with van der Waals surface area (Å²) in [4.78, 5) is 2.50. The summed E-state index contributed by atoms with van der Waals surface area (Å²) in [5.74, 6) is 0.821. The molecule has 0 fully saturated rings. The summed E-state index contributed by atoms with van der Waals surface area (Å²) in [6.07, 6.45) is 3.56. The van der Waals surface area contributed by atoms with E-state index in [4.69, 9.17) is 5.11 Å². The molecule has 0 aliphatic rings. The van der Waals surface area contributed by atoms with E-state index in [2.05, 4.69) is 31.0 Å². The zero-order valence-corrected chi connectivity index (χ0v) is 11.5. The molecule has 0 aromatic rings. The number of aliphatic hydroxyl groups excluding tert-OH is 1. The predicted octanol–water partition coefficient (Wildman–Crippen LogP) is 1.71. The number of aliphatic hydroxyl groups is 1. The average Bonchev–Trinajstić information content (AvgIpc) is 2.34. The van der Waals surface area contributed by atoms with Crippen LogP contribution in [0.3, 0.4) is 0 Å². The summed E-state index contributed by atoms with van der Waals surface area (Å²) >= 11 is 0. The molecule has 0 amide bonds. The highest BCUT2D eigenvalue weighted by molar-refractivity contribution is 4.68. The van der Waals surface area contributed by atoms with Gasteiger partial charge < -0.3 is 15.3 Å². The minimum absolute atomic E-state index is 0.235. The molecule has 0 heterocycles. The van der Waals surface area contributed by atoms with E-state index in [1.54, 1.807) is 0 Å². The van der Waals surface area contributed by atoms with Gasteiger partial charge in [0.15, 0.2) is 0 Å². The third-order valence-electron chi connectivity index (χ3n) is 3.54. The van der Waals surface area contributed by atoms with Gasteiger partial charge in [-0.15, -0.1) is 0 Å². The molecule has 98 valence electrons. The Morgan fingerprint density at radius 3 is 2.19 bits per heavy atom. The maximum Gasteiger partial charge on any atom is 0.0585 e. The lowest BCUT2D eigenvalue weighted by atomic mass is 10.0. The fourth-order valence-electron chi connectivity index (χ4n) is 1.96. The summed E-state index contributed by atoms with van der Waals surface area (Å²) < 4.78 is 0. The number of nitrogens with one attached hydrogen (secondary N) is 1. The van der Waals surface area contributed by atoms with Crippen molar-refractivity contribution >= 4 is 0 Å². The first kappa shape index (κ1) is 15.9. The van der Waals surface area contributed by atoms with Crippen LogP contribution < -0.4 is 5.32 Å². The molecule has 0 spiro atoms. The van der Waals surface area contributed by atoms with Crippen molar-refractivity contribution in [2.45, 2.75) is 46.1 Å². The van der Waals surface area contributed by atoms with E-state index in [0.717, 1.165) is 25.4 Å². The molecule has 0 aliphatic carbocycles. The van der Waals surface area contributed by atoms with Crippen LogP contribution in [0, 0.1) is 5.92 Å². The summed E-state index contributed by atoms with van der Waals surface area (Å²) in [5.41, 5.74) is 0. The minimum Gasteiger partial charge on any atom is -0.395 e. The quantitative estimate of drug-likeness (QED) is 0.600. The van der Waals surface area contributed by atoms with Crippen LogP contribution >= 0.6 is 0 Å². The van der Waals surface area contributed by atoms with Crippen molar-refractivity contribution in [1.29, 1.82) is 0 Å². The van der Waals surface area contributed by atoms with Gasteiger partial charge in [-0.05, 0) is 32.5 Å². The van der Waals surface area contributed by atoms with Gasteiger partial charge in [0.25, 0.3) is 0 Å². The molecule has 0 aliphatic heterocycles. The molecule has 1 atom stereocenters. The standard InChI is InChI=1S/C13H30N2O/c1-5-12(6-2)10-15(7-3)9-8-13(11-16)14-4/h12-14,16H,5-11H2,1-4H3. The normalized spacial score (nSPS) is 13.7. The van der Waals surface area contributed by atoms with Gasteiger partial charge in [0, 0.05) is 12.6 Å². The zero-order valence-electron chi connectivity index (χ0n) is 11.5. The fraction of sp³-hybridized carbons (Fsp3) is 1.00. The molecule has 0 aromatic heterocycles. The number of likely N-dealkylation sites (N-methyl/N-ethyl adjacent to an activating group) is 1. The molecule has 0 saturated carbocycles. The first-order valence-electron chi connectivity index (χ1n) is 6.72. The van der Waals surface area contributed by atoms with Crippen LogP contribution in [0.5, 0.6) is 0 Å². The SMILES string of the molecule is CCC(CC)CN(CC)CCC(CO)NC. The Kier molecular flexibility index (Phi) is 9.99.